The molecule has 0 radical (unpaired) electrons. The van der Waals surface area contributed by atoms with E-state index in [0.29, 0.717) is 18.7 Å². The van der Waals surface area contributed by atoms with E-state index in [9.17, 15) is 9.59 Å². The number of amides is 1. The number of carbonyl (C=O) groups excluding carboxylic acids is 1. The number of carboxylic acid groups (broad SMARTS) is 1. The number of hydrogen-bond acceptors (Lipinski definition) is 4. The van der Waals surface area contributed by atoms with E-state index < -0.39 is 5.97 Å². The molecular formula is C10H14N2O4. The Balaban J connectivity index is 2.45. The van der Waals surface area contributed by atoms with Gasteiger partial charge in [-0.25, -0.2) is 4.98 Å². The zero-order valence-corrected chi connectivity index (χ0v) is 9.27. The summed E-state index contributed by atoms with van der Waals surface area (Å²) in [6.07, 6.45) is 1.86. The highest BCUT2D eigenvalue weighted by atomic mass is 16.4. The lowest BCUT2D eigenvalue weighted by Gasteiger charge is -2.13. The van der Waals surface area contributed by atoms with Crippen molar-refractivity contribution in [3.63, 3.8) is 0 Å². The fraction of sp³-hybridized carbons (Fsp3) is 0.500. The minimum atomic E-state index is -0.868. The summed E-state index contributed by atoms with van der Waals surface area (Å²) in [5.41, 5.74) is 0.641. The Kier molecular flexibility index (Phi) is 4.04. The third-order valence-electron chi connectivity index (χ3n) is 2.03. The Bertz CT molecular complexity index is 386. The maximum absolute atomic E-state index is 11.7. The Morgan fingerprint density at radius 2 is 2.25 bits per heavy atom. The molecule has 1 heterocycles. The predicted octanol–water partition coefficient (Wildman–Crippen LogP) is 0.920. The van der Waals surface area contributed by atoms with E-state index in [4.69, 9.17) is 9.52 Å². The molecule has 0 spiro atoms. The van der Waals surface area contributed by atoms with Gasteiger partial charge in [0.25, 0.3) is 5.89 Å². The number of nitrogens with zero attached hydrogens (tertiary/aromatic N) is 2. The molecule has 1 aromatic heterocycles. The van der Waals surface area contributed by atoms with E-state index in [0.717, 1.165) is 0 Å². The first-order valence-corrected chi connectivity index (χ1v) is 4.90. The van der Waals surface area contributed by atoms with Crippen molar-refractivity contribution in [3.8, 4) is 0 Å². The van der Waals surface area contributed by atoms with Crippen LogP contribution in [0.5, 0.6) is 0 Å². The molecular weight excluding hydrogens is 212 g/mol. The highest BCUT2D eigenvalue weighted by molar-refractivity contribution is 5.89. The summed E-state index contributed by atoms with van der Waals surface area (Å²) < 4.78 is 4.96. The van der Waals surface area contributed by atoms with E-state index in [-0.39, 0.29) is 18.2 Å². The lowest BCUT2D eigenvalue weighted by atomic mass is 10.3. The fourth-order valence-corrected chi connectivity index (χ4v) is 1.18. The Morgan fingerprint density at radius 3 is 2.75 bits per heavy atom. The molecule has 0 saturated heterocycles. The SMILES string of the molecule is Cc1coc(C(=O)N(C)CCCC(=O)O)n1. The number of aromatic nitrogens is 1. The maximum atomic E-state index is 11.7. The fourth-order valence-electron chi connectivity index (χ4n) is 1.18. The van der Waals surface area contributed by atoms with Crippen LogP contribution in [0.2, 0.25) is 0 Å². The molecule has 6 heteroatoms. The van der Waals surface area contributed by atoms with E-state index in [1.54, 1.807) is 14.0 Å². The summed E-state index contributed by atoms with van der Waals surface area (Å²) >= 11 is 0. The number of carbonyl (C=O) groups is 2. The van der Waals surface area contributed by atoms with Crippen molar-refractivity contribution < 1.29 is 19.1 Å². The van der Waals surface area contributed by atoms with Gasteiger partial charge in [0.05, 0.1) is 5.69 Å². The van der Waals surface area contributed by atoms with Crippen molar-refractivity contribution in [2.24, 2.45) is 0 Å². The lowest BCUT2D eigenvalue weighted by molar-refractivity contribution is -0.137. The van der Waals surface area contributed by atoms with Gasteiger partial charge in [-0.3, -0.25) is 9.59 Å². The molecule has 0 aliphatic rings. The summed E-state index contributed by atoms with van der Waals surface area (Å²) in [7, 11) is 1.59. The molecule has 0 aliphatic heterocycles. The first-order chi connectivity index (χ1) is 7.50. The van der Waals surface area contributed by atoms with Crippen molar-refractivity contribution in [2.45, 2.75) is 19.8 Å². The molecule has 88 valence electrons. The maximum Gasteiger partial charge on any atom is 0.309 e. The topological polar surface area (TPSA) is 83.6 Å². The van der Waals surface area contributed by atoms with Gasteiger partial charge in [0.15, 0.2) is 0 Å². The molecule has 0 atom stereocenters. The Labute approximate surface area is 92.9 Å². The lowest BCUT2D eigenvalue weighted by Crippen LogP contribution is -2.28. The summed E-state index contributed by atoms with van der Waals surface area (Å²) in [5, 5.41) is 8.45. The second-order valence-corrected chi connectivity index (χ2v) is 3.52. The number of rotatable bonds is 5. The Morgan fingerprint density at radius 1 is 1.56 bits per heavy atom. The molecule has 1 rings (SSSR count). The average Bonchev–Trinajstić information content (AvgIpc) is 2.63. The van der Waals surface area contributed by atoms with Gasteiger partial charge in [0, 0.05) is 20.0 Å². The number of hydrogen-bond donors (Lipinski definition) is 1. The third kappa shape index (κ3) is 3.38. The molecule has 0 bridgehead atoms. The van der Waals surface area contributed by atoms with Crippen LogP contribution in [-0.4, -0.2) is 40.5 Å². The van der Waals surface area contributed by atoms with Crippen LogP contribution in [0.4, 0.5) is 0 Å². The monoisotopic (exact) mass is 226 g/mol. The molecule has 16 heavy (non-hydrogen) atoms. The third-order valence-corrected chi connectivity index (χ3v) is 2.03. The molecule has 0 fully saturated rings. The second-order valence-electron chi connectivity index (χ2n) is 3.52. The van der Waals surface area contributed by atoms with Gasteiger partial charge in [-0.1, -0.05) is 0 Å². The van der Waals surface area contributed by atoms with Crippen LogP contribution in [-0.2, 0) is 4.79 Å². The van der Waals surface area contributed by atoms with E-state index >= 15 is 0 Å². The summed E-state index contributed by atoms with van der Waals surface area (Å²) in [6, 6.07) is 0. The molecule has 1 aromatic rings. The van der Waals surface area contributed by atoms with Gasteiger partial charge in [0.2, 0.25) is 0 Å². The minimum Gasteiger partial charge on any atom is -0.481 e. The van der Waals surface area contributed by atoms with Gasteiger partial charge >= 0.3 is 11.9 Å². The molecule has 1 N–H and O–H groups in total. The first kappa shape index (κ1) is 12.2. The van der Waals surface area contributed by atoms with Crippen LogP contribution >= 0.6 is 0 Å². The normalized spacial score (nSPS) is 10.1. The van der Waals surface area contributed by atoms with E-state index in [2.05, 4.69) is 4.98 Å². The molecule has 0 unspecified atom stereocenters. The quantitative estimate of drug-likeness (QED) is 0.807. The van der Waals surface area contributed by atoms with E-state index in [1.165, 1.54) is 11.2 Å². The predicted molar refractivity (Wildman–Crippen MR) is 55.1 cm³/mol. The Hall–Kier alpha value is -1.85. The average molecular weight is 226 g/mol. The van der Waals surface area contributed by atoms with Gasteiger partial charge < -0.3 is 14.4 Å². The number of aliphatic carboxylic acids is 1. The highest BCUT2D eigenvalue weighted by Crippen LogP contribution is 2.04. The molecule has 0 saturated carbocycles. The summed E-state index contributed by atoms with van der Waals surface area (Å²) in [4.78, 5) is 27.2. The number of oxazole rings is 1. The molecule has 0 aliphatic carbocycles. The van der Waals surface area contributed by atoms with Crippen LogP contribution < -0.4 is 0 Å². The van der Waals surface area contributed by atoms with Crippen LogP contribution in [0.25, 0.3) is 0 Å². The standard InChI is InChI=1S/C10H14N2O4/c1-7-6-16-9(11-7)10(15)12(2)5-3-4-8(13)14/h6H,3-5H2,1-2H3,(H,13,14). The largest absolute Gasteiger partial charge is 0.481 e. The number of carboxylic acids is 1. The smallest absolute Gasteiger partial charge is 0.309 e. The molecule has 1 amide bonds. The zero-order chi connectivity index (χ0) is 12.1. The van der Waals surface area contributed by atoms with Gasteiger partial charge in [0.1, 0.15) is 6.26 Å². The number of aryl methyl sites for hydroxylation is 1. The van der Waals surface area contributed by atoms with Crippen molar-refractivity contribution in [2.75, 3.05) is 13.6 Å². The van der Waals surface area contributed by atoms with Gasteiger partial charge in [-0.15, -0.1) is 0 Å². The highest BCUT2D eigenvalue weighted by Gasteiger charge is 2.16. The second kappa shape index (κ2) is 5.29. The van der Waals surface area contributed by atoms with Crippen molar-refractivity contribution in [3.05, 3.63) is 17.8 Å². The van der Waals surface area contributed by atoms with E-state index in [1.807, 2.05) is 0 Å². The van der Waals surface area contributed by atoms with Crippen molar-refractivity contribution in [1.29, 1.82) is 0 Å². The van der Waals surface area contributed by atoms with Crippen LogP contribution in [0.3, 0.4) is 0 Å². The molecule has 6 nitrogen and oxygen atoms in total. The molecule has 0 aromatic carbocycles. The van der Waals surface area contributed by atoms with Crippen LogP contribution in [0.15, 0.2) is 10.7 Å². The summed E-state index contributed by atoms with van der Waals surface area (Å²) in [5.74, 6) is -1.17. The first-order valence-electron chi connectivity index (χ1n) is 4.90. The minimum absolute atomic E-state index is 0.0373. The van der Waals surface area contributed by atoms with Crippen LogP contribution in [0, 0.1) is 6.92 Å². The van der Waals surface area contributed by atoms with Gasteiger partial charge in [-0.2, -0.15) is 0 Å². The summed E-state index contributed by atoms with van der Waals surface area (Å²) in [6.45, 7) is 2.09. The zero-order valence-electron chi connectivity index (χ0n) is 9.27. The van der Waals surface area contributed by atoms with Crippen molar-refractivity contribution in [1.82, 2.24) is 9.88 Å². The van der Waals surface area contributed by atoms with Gasteiger partial charge in [-0.05, 0) is 13.3 Å². The van der Waals surface area contributed by atoms with Crippen molar-refractivity contribution >= 4 is 11.9 Å². The van der Waals surface area contributed by atoms with Crippen LogP contribution in [0.1, 0.15) is 29.2 Å².